The van der Waals surface area contributed by atoms with E-state index >= 15 is 0 Å². The molecule has 0 bridgehead atoms. The first kappa shape index (κ1) is 14.0. The summed E-state index contributed by atoms with van der Waals surface area (Å²) >= 11 is 12.2. The number of benzene rings is 1. The van der Waals surface area contributed by atoms with E-state index in [9.17, 15) is 0 Å². The molecule has 19 heavy (non-hydrogen) atoms. The van der Waals surface area contributed by atoms with Crippen molar-refractivity contribution in [2.45, 2.75) is 12.8 Å². The largest absolute Gasteiger partial charge is 0.489 e. The SMILES string of the molecule is C=CCOc1cc(Cl)cc(Cl)c1CCc1ncc[nH]1. The number of ether oxygens (including phenoxy) is 1. The summed E-state index contributed by atoms with van der Waals surface area (Å²) in [6, 6.07) is 3.50. The number of aromatic amines is 1. The van der Waals surface area contributed by atoms with Gasteiger partial charge in [0.15, 0.2) is 0 Å². The zero-order chi connectivity index (χ0) is 13.7. The molecule has 0 aliphatic carbocycles. The van der Waals surface area contributed by atoms with E-state index in [4.69, 9.17) is 27.9 Å². The van der Waals surface area contributed by atoms with Crippen LogP contribution >= 0.6 is 23.2 Å². The average molecular weight is 297 g/mol. The van der Waals surface area contributed by atoms with Gasteiger partial charge in [0.05, 0.1) is 0 Å². The minimum atomic E-state index is 0.421. The highest BCUT2D eigenvalue weighted by Crippen LogP contribution is 2.32. The molecule has 2 aromatic rings. The van der Waals surface area contributed by atoms with Gasteiger partial charge in [0.25, 0.3) is 0 Å². The van der Waals surface area contributed by atoms with E-state index in [1.807, 2.05) is 0 Å². The maximum atomic E-state index is 6.23. The Balaban J connectivity index is 2.18. The van der Waals surface area contributed by atoms with E-state index in [2.05, 4.69) is 16.5 Å². The van der Waals surface area contributed by atoms with Gasteiger partial charge in [-0.3, -0.25) is 0 Å². The van der Waals surface area contributed by atoms with E-state index in [0.29, 0.717) is 22.4 Å². The van der Waals surface area contributed by atoms with Gasteiger partial charge in [-0.05, 0) is 18.6 Å². The lowest BCUT2D eigenvalue weighted by Gasteiger charge is -2.12. The molecule has 5 heteroatoms. The number of aromatic nitrogens is 2. The highest BCUT2D eigenvalue weighted by molar-refractivity contribution is 6.35. The van der Waals surface area contributed by atoms with Gasteiger partial charge in [-0.25, -0.2) is 4.98 Å². The van der Waals surface area contributed by atoms with Crippen molar-refractivity contribution < 1.29 is 4.74 Å². The lowest BCUT2D eigenvalue weighted by molar-refractivity contribution is 0.359. The third kappa shape index (κ3) is 3.75. The predicted octanol–water partition coefficient (Wildman–Crippen LogP) is 4.07. The Kier molecular flexibility index (Phi) is 4.88. The van der Waals surface area contributed by atoms with Crippen molar-refractivity contribution in [1.29, 1.82) is 0 Å². The normalized spacial score (nSPS) is 10.4. The Labute approximate surface area is 122 Å². The van der Waals surface area contributed by atoms with Crippen LogP contribution in [-0.2, 0) is 12.8 Å². The first-order valence-electron chi connectivity index (χ1n) is 5.90. The van der Waals surface area contributed by atoms with Gasteiger partial charge in [0.1, 0.15) is 18.2 Å². The molecule has 0 atom stereocenters. The maximum absolute atomic E-state index is 6.23. The van der Waals surface area contributed by atoms with Crippen LogP contribution in [0, 0.1) is 0 Å². The van der Waals surface area contributed by atoms with Crippen LogP contribution in [0.25, 0.3) is 0 Å². The van der Waals surface area contributed by atoms with Crippen LogP contribution in [0.5, 0.6) is 5.75 Å². The fourth-order valence-corrected chi connectivity index (χ4v) is 2.35. The molecule has 0 saturated heterocycles. The van der Waals surface area contributed by atoms with Crippen molar-refractivity contribution in [2.24, 2.45) is 0 Å². The van der Waals surface area contributed by atoms with Crippen LogP contribution in [0.3, 0.4) is 0 Å². The first-order chi connectivity index (χ1) is 9.20. The van der Waals surface area contributed by atoms with Gasteiger partial charge in [-0.1, -0.05) is 35.9 Å². The Bertz CT molecular complexity index is 553. The van der Waals surface area contributed by atoms with Gasteiger partial charge >= 0.3 is 0 Å². The zero-order valence-corrected chi connectivity index (χ0v) is 11.8. The molecule has 1 aromatic heterocycles. The smallest absolute Gasteiger partial charge is 0.125 e. The second-order valence-corrected chi connectivity index (χ2v) is 4.84. The van der Waals surface area contributed by atoms with Crippen LogP contribution in [0.1, 0.15) is 11.4 Å². The molecular formula is C14H14Cl2N2O. The molecule has 0 fully saturated rings. The standard InChI is InChI=1S/C14H14Cl2N2O/c1-2-7-19-13-9-10(15)8-12(16)11(13)3-4-14-17-5-6-18-14/h2,5-6,8-9H,1,3-4,7H2,(H,17,18). The summed E-state index contributed by atoms with van der Waals surface area (Å²) in [4.78, 5) is 7.25. The van der Waals surface area contributed by atoms with Crippen LogP contribution in [0.4, 0.5) is 0 Å². The molecule has 0 radical (unpaired) electrons. The van der Waals surface area contributed by atoms with Crippen LogP contribution in [0.2, 0.25) is 10.0 Å². The minimum Gasteiger partial charge on any atom is -0.489 e. The summed E-state index contributed by atoms with van der Waals surface area (Å²) in [5, 5.41) is 1.17. The fraction of sp³-hybridized carbons (Fsp3) is 0.214. The summed E-state index contributed by atoms with van der Waals surface area (Å²) in [5.41, 5.74) is 0.935. The summed E-state index contributed by atoms with van der Waals surface area (Å²) in [5.74, 6) is 1.62. The molecule has 0 unspecified atom stereocenters. The summed E-state index contributed by atoms with van der Waals surface area (Å²) < 4.78 is 5.60. The maximum Gasteiger partial charge on any atom is 0.125 e. The van der Waals surface area contributed by atoms with E-state index in [1.165, 1.54) is 0 Å². The van der Waals surface area contributed by atoms with Crippen LogP contribution < -0.4 is 4.74 Å². The molecule has 100 valence electrons. The molecule has 0 saturated carbocycles. The van der Waals surface area contributed by atoms with Gasteiger partial charge in [0.2, 0.25) is 0 Å². The molecule has 3 nitrogen and oxygen atoms in total. The van der Waals surface area contributed by atoms with Gasteiger partial charge in [0, 0.05) is 34.4 Å². The lowest BCUT2D eigenvalue weighted by Crippen LogP contribution is -2.01. The van der Waals surface area contributed by atoms with E-state index in [1.54, 1.807) is 30.6 Å². The van der Waals surface area contributed by atoms with Crippen molar-refractivity contribution in [1.82, 2.24) is 9.97 Å². The molecule has 1 heterocycles. The third-order valence-electron chi connectivity index (χ3n) is 2.64. The molecular weight excluding hydrogens is 283 g/mol. The van der Waals surface area contributed by atoms with Crippen molar-refractivity contribution in [3.05, 3.63) is 58.6 Å². The number of halogens is 2. The highest BCUT2D eigenvalue weighted by atomic mass is 35.5. The van der Waals surface area contributed by atoms with Crippen LogP contribution in [-0.4, -0.2) is 16.6 Å². The van der Waals surface area contributed by atoms with Gasteiger partial charge in [-0.15, -0.1) is 0 Å². The Morgan fingerprint density at radius 3 is 2.84 bits per heavy atom. The molecule has 0 aliphatic heterocycles. The highest BCUT2D eigenvalue weighted by Gasteiger charge is 2.11. The Morgan fingerprint density at radius 1 is 1.32 bits per heavy atom. The number of hydrogen-bond acceptors (Lipinski definition) is 2. The Morgan fingerprint density at radius 2 is 2.16 bits per heavy atom. The molecule has 2 rings (SSSR count). The van der Waals surface area contributed by atoms with Crippen molar-refractivity contribution in [2.75, 3.05) is 6.61 Å². The molecule has 0 spiro atoms. The van der Waals surface area contributed by atoms with Gasteiger partial charge < -0.3 is 9.72 Å². The quantitative estimate of drug-likeness (QED) is 0.816. The van der Waals surface area contributed by atoms with E-state index in [-0.39, 0.29) is 0 Å². The first-order valence-corrected chi connectivity index (χ1v) is 6.66. The fourth-order valence-electron chi connectivity index (χ4n) is 1.78. The second kappa shape index (κ2) is 6.64. The van der Waals surface area contributed by atoms with Gasteiger partial charge in [-0.2, -0.15) is 0 Å². The molecule has 1 N–H and O–H groups in total. The number of nitrogens with zero attached hydrogens (tertiary/aromatic N) is 1. The van der Waals surface area contributed by atoms with Crippen molar-refractivity contribution in [3.63, 3.8) is 0 Å². The summed E-state index contributed by atoms with van der Waals surface area (Å²) in [6.07, 6.45) is 6.71. The van der Waals surface area contributed by atoms with Crippen molar-refractivity contribution >= 4 is 23.2 Å². The summed E-state index contributed by atoms with van der Waals surface area (Å²) in [7, 11) is 0. The van der Waals surface area contributed by atoms with Crippen molar-refractivity contribution in [3.8, 4) is 5.75 Å². The number of rotatable bonds is 6. The minimum absolute atomic E-state index is 0.421. The van der Waals surface area contributed by atoms with Crippen LogP contribution in [0.15, 0.2) is 37.2 Å². The monoisotopic (exact) mass is 296 g/mol. The topological polar surface area (TPSA) is 37.9 Å². The Hall–Kier alpha value is -1.45. The number of imidazole rings is 1. The number of nitrogens with one attached hydrogen (secondary N) is 1. The summed E-state index contributed by atoms with van der Waals surface area (Å²) in [6.45, 7) is 4.05. The molecule has 1 aromatic carbocycles. The van der Waals surface area contributed by atoms with E-state index < -0.39 is 0 Å². The average Bonchev–Trinajstić information content (AvgIpc) is 2.88. The molecule has 0 amide bonds. The van der Waals surface area contributed by atoms with E-state index in [0.717, 1.165) is 24.2 Å². The third-order valence-corrected chi connectivity index (χ3v) is 3.20. The second-order valence-electron chi connectivity index (χ2n) is 4.00. The lowest BCUT2D eigenvalue weighted by atomic mass is 10.1. The predicted molar refractivity (Wildman–Crippen MR) is 78.1 cm³/mol. The number of H-pyrrole nitrogens is 1. The molecule has 0 aliphatic rings. The zero-order valence-electron chi connectivity index (χ0n) is 10.3. The number of aryl methyl sites for hydroxylation is 1. The number of hydrogen-bond donors (Lipinski definition) is 1.